The first-order valence-corrected chi connectivity index (χ1v) is 16.0. The number of aryl methyl sites for hydroxylation is 2. The summed E-state index contributed by atoms with van der Waals surface area (Å²) in [6.45, 7) is 3.89. The molecule has 0 saturated carbocycles. The summed E-state index contributed by atoms with van der Waals surface area (Å²) in [5.74, 6) is -0.273. The van der Waals surface area contributed by atoms with Gasteiger partial charge in [0.25, 0.3) is 11.8 Å². The maximum absolute atomic E-state index is 12.6. The molecule has 0 aliphatic rings. The third kappa shape index (κ3) is 7.18. The van der Waals surface area contributed by atoms with Crippen LogP contribution in [0.3, 0.4) is 0 Å². The summed E-state index contributed by atoms with van der Waals surface area (Å²) in [4.78, 5) is 33.6. The summed E-state index contributed by atoms with van der Waals surface area (Å²) in [7, 11) is 3.62. The highest BCUT2D eigenvalue weighted by Crippen LogP contribution is 2.32. The number of benzene rings is 2. The lowest BCUT2D eigenvalue weighted by molar-refractivity contribution is 0.101. The summed E-state index contributed by atoms with van der Waals surface area (Å²) < 4.78 is 3.53. The largest absolute Gasteiger partial charge is 0.392 e. The Bertz CT molecular complexity index is 2120. The van der Waals surface area contributed by atoms with Gasteiger partial charge in [0.1, 0.15) is 11.3 Å². The van der Waals surface area contributed by atoms with Crippen LogP contribution >= 0.6 is 34.8 Å². The molecule has 4 aromatic heterocycles. The minimum absolute atomic E-state index is 0.166. The molecule has 6 rings (SSSR count). The molecule has 0 bridgehead atoms. The predicted molar refractivity (Wildman–Crippen MR) is 191 cm³/mol. The van der Waals surface area contributed by atoms with E-state index in [1.54, 1.807) is 52.8 Å². The number of nitrogens with one attached hydrogen (secondary N) is 2. The van der Waals surface area contributed by atoms with Crippen molar-refractivity contribution in [2.75, 3.05) is 10.6 Å². The zero-order chi connectivity index (χ0) is 34.7. The van der Waals surface area contributed by atoms with Crippen LogP contribution < -0.4 is 10.6 Å². The molecule has 48 heavy (non-hydrogen) atoms. The highest BCUT2D eigenvalue weighted by molar-refractivity contribution is 6.39. The summed E-state index contributed by atoms with van der Waals surface area (Å²) in [5.41, 5.74) is 5.54. The third-order valence-corrected chi connectivity index (χ3v) is 8.80. The topological polar surface area (TPSA) is 134 Å². The average molecular weight is 708 g/mol. The molecule has 4 heterocycles. The first kappa shape index (κ1) is 34.9. The second-order valence-electron chi connectivity index (χ2n) is 11.4. The van der Waals surface area contributed by atoms with E-state index in [0.717, 1.165) is 0 Å². The first-order chi connectivity index (χ1) is 22.9. The van der Waals surface area contributed by atoms with Crippen LogP contribution in [0.4, 0.5) is 11.4 Å². The maximum atomic E-state index is 12.6. The van der Waals surface area contributed by atoms with Gasteiger partial charge in [-0.25, -0.2) is 9.97 Å². The van der Waals surface area contributed by atoms with Gasteiger partial charge >= 0.3 is 0 Å². The number of fused-ring (bicyclic) bond motifs is 2. The standard InChI is InChI=1S/C19H20ClN3O2.C16H13Cl2N3O2/c1-11(2)12-4-6-14(7-5-12)22-19(25)15-8-21-18-16(17(15)20)13(10-24)9-23(18)3;1-21-7-9(8-22)13-14(18)12(6-19-15(13)21)16(23)20-11-4-2-10(17)3-5-11/h4-9,11,24H,10H2,1-3H3,(H,22,25);2-7,22H,8H2,1H3,(H,20,23). The second-order valence-corrected chi connectivity index (χ2v) is 12.6. The summed E-state index contributed by atoms with van der Waals surface area (Å²) >= 11 is 18.6. The number of nitrogens with zero attached hydrogens (tertiary/aromatic N) is 4. The molecular weight excluding hydrogens is 675 g/mol. The number of hydrogen-bond acceptors (Lipinski definition) is 6. The van der Waals surface area contributed by atoms with Crippen LogP contribution in [0.15, 0.2) is 73.3 Å². The smallest absolute Gasteiger partial charge is 0.258 e. The Balaban J connectivity index is 0.000000188. The molecule has 0 unspecified atom stereocenters. The second kappa shape index (κ2) is 14.8. The van der Waals surface area contributed by atoms with E-state index in [-0.39, 0.29) is 41.2 Å². The van der Waals surface area contributed by atoms with E-state index in [0.29, 0.717) is 60.5 Å². The highest BCUT2D eigenvalue weighted by Gasteiger charge is 2.20. The van der Waals surface area contributed by atoms with Gasteiger partial charge in [0.15, 0.2) is 0 Å². The fraction of sp³-hybridized carbons (Fsp3) is 0.200. The molecule has 0 spiro atoms. The van der Waals surface area contributed by atoms with Crippen LogP contribution in [0, 0.1) is 0 Å². The van der Waals surface area contributed by atoms with Crippen LogP contribution in [0.5, 0.6) is 0 Å². The lowest BCUT2D eigenvalue weighted by Crippen LogP contribution is -2.13. The number of halogens is 3. The number of aromatic nitrogens is 4. The lowest BCUT2D eigenvalue weighted by atomic mass is 10.0. The molecule has 0 fully saturated rings. The van der Waals surface area contributed by atoms with E-state index in [9.17, 15) is 19.8 Å². The van der Waals surface area contributed by atoms with E-state index >= 15 is 0 Å². The number of pyridine rings is 2. The number of carbonyl (C=O) groups is 2. The highest BCUT2D eigenvalue weighted by atomic mass is 35.5. The Morgan fingerprint density at radius 3 is 1.48 bits per heavy atom. The van der Waals surface area contributed by atoms with Crippen molar-refractivity contribution in [1.29, 1.82) is 0 Å². The summed E-state index contributed by atoms with van der Waals surface area (Å²) in [6, 6.07) is 14.5. The fourth-order valence-electron chi connectivity index (χ4n) is 5.22. The molecule has 4 N–H and O–H groups in total. The van der Waals surface area contributed by atoms with Crippen molar-refractivity contribution >= 4 is 80.1 Å². The van der Waals surface area contributed by atoms with Crippen molar-refractivity contribution in [3.05, 3.63) is 116 Å². The molecule has 0 aliphatic carbocycles. The number of anilines is 2. The van der Waals surface area contributed by atoms with Gasteiger partial charge in [-0.3, -0.25) is 9.59 Å². The van der Waals surface area contributed by atoms with Crippen molar-refractivity contribution in [1.82, 2.24) is 19.1 Å². The van der Waals surface area contributed by atoms with Gasteiger partial charge < -0.3 is 30.0 Å². The van der Waals surface area contributed by atoms with Crippen molar-refractivity contribution in [2.45, 2.75) is 33.0 Å². The molecule has 0 saturated heterocycles. The Hall–Kier alpha value is -4.45. The minimum Gasteiger partial charge on any atom is -0.392 e. The van der Waals surface area contributed by atoms with Gasteiger partial charge in [0, 0.05) is 77.2 Å². The van der Waals surface area contributed by atoms with Gasteiger partial charge in [-0.1, -0.05) is 60.8 Å². The zero-order valence-electron chi connectivity index (χ0n) is 26.6. The summed E-state index contributed by atoms with van der Waals surface area (Å²) in [5, 5.41) is 26.9. The number of aliphatic hydroxyl groups is 2. The van der Waals surface area contributed by atoms with E-state index in [1.807, 2.05) is 31.3 Å². The van der Waals surface area contributed by atoms with Crippen molar-refractivity contribution in [3.8, 4) is 0 Å². The van der Waals surface area contributed by atoms with Gasteiger partial charge in [0.05, 0.1) is 34.4 Å². The normalized spacial score (nSPS) is 11.1. The van der Waals surface area contributed by atoms with Crippen LogP contribution in [0.2, 0.25) is 15.1 Å². The quantitative estimate of drug-likeness (QED) is 0.134. The zero-order valence-corrected chi connectivity index (χ0v) is 28.8. The van der Waals surface area contributed by atoms with E-state index in [4.69, 9.17) is 34.8 Å². The third-order valence-electron chi connectivity index (χ3n) is 7.77. The Labute approximate surface area is 291 Å². The van der Waals surface area contributed by atoms with E-state index in [1.165, 1.54) is 18.0 Å². The Morgan fingerprint density at radius 1 is 0.708 bits per heavy atom. The molecule has 248 valence electrons. The number of carbonyl (C=O) groups excluding carboxylic acids is 2. The number of rotatable bonds is 7. The SMILES string of the molecule is CC(C)c1ccc(NC(=O)c2cnc3c(c(CO)cn3C)c2Cl)cc1.Cn1cc(CO)c2c(Cl)c(C(=O)Nc3ccc(Cl)cc3)cnc21. The molecule has 6 aromatic rings. The van der Waals surface area contributed by atoms with Gasteiger partial charge in [-0.05, 0) is 47.9 Å². The molecule has 0 atom stereocenters. The molecule has 10 nitrogen and oxygen atoms in total. The molecule has 0 radical (unpaired) electrons. The van der Waals surface area contributed by atoms with Crippen LogP contribution in [0.25, 0.3) is 22.1 Å². The molecule has 2 amide bonds. The minimum atomic E-state index is -0.375. The van der Waals surface area contributed by atoms with Crippen LogP contribution in [-0.2, 0) is 27.3 Å². The predicted octanol–water partition coefficient (Wildman–Crippen LogP) is 7.72. The van der Waals surface area contributed by atoms with Crippen molar-refractivity contribution < 1.29 is 19.8 Å². The lowest BCUT2D eigenvalue weighted by Gasteiger charge is -2.10. The van der Waals surface area contributed by atoms with Crippen LogP contribution in [-0.4, -0.2) is 41.1 Å². The van der Waals surface area contributed by atoms with E-state index in [2.05, 4.69) is 34.4 Å². The van der Waals surface area contributed by atoms with Crippen molar-refractivity contribution in [2.24, 2.45) is 14.1 Å². The first-order valence-electron chi connectivity index (χ1n) is 14.9. The van der Waals surface area contributed by atoms with Crippen LogP contribution in [0.1, 0.15) is 57.2 Å². The molecule has 13 heteroatoms. The summed E-state index contributed by atoms with van der Waals surface area (Å²) in [6.07, 6.45) is 6.39. The fourth-order valence-corrected chi connectivity index (χ4v) is 6.03. The maximum Gasteiger partial charge on any atom is 0.258 e. The van der Waals surface area contributed by atoms with Crippen molar-refractivity contribution in [3.63, 3.8) is 0 Å². The van der Waals surface area contributed by atoms with E-state index < -0.39 is 0 Å². The van der Waals surface area contributed by atoms with Gasteiger partial charge in [0.2, 0.25) is 0 Å². The Morgan fingerprint density at radius 2 is 1.10 bits per heavy atom. The number of aliphatic hydroxyl groups excluding tert-OH is 2. The molecule has 2 aromatic carbocycles. The van der Waals surface area contributed by atoms with Gasteiger partial charge in [-0.2, -0.15) is 0 Å². The Kier molecular flexibility index (Phi) is 10.7. The monoisotopic (exact) mass is 706 g/mol. The molecule has 0 aliphatic heterocycles. The van der Waals surface area contributed by atoms with Gasteiger partial charge in [-0.15, -0.1) is 0 Å². The average Bonchev–Trinajstić information content (AvgIpc) is 3.59. The number of hydrogen-bond donors (Lipinski definition) is 4. The molecular formula is C35H33Cl3N6O4. The number of amides is 2.